The molecule has 0 amide bonds. The number of rotatable bonds is 9. The van der Waals surface area contributed by atoms with E-state index in [0.29, 0.717) is 5.92 Å². The Bertz CT molecular complexity index is 1080. The molecule has 282 valence electrons. The van der Waals surface area contributed by atoms with E-state index in [1.165, 1.54) is 12.7 Å². The van der Waals surface area contributed by atoms with Crippen LogP contribution < -0.4 is 5.73 Å². The molecule has 0 radical (unpaired) electrons. The van der Waals surface area contributed by atoms with Crippen LogP contribution in [-0.4, -0.2) is 78.9 Å². The molecular weight excluding hydrogens is 622 g/mol. The van der Waals surface area contributed by atoms with Gasteiger partial charge in [-0.15, -0.1) is 0 Å². The molecule has 9 nitrogen and oxygen atoms in total. The number of aliphatic hydroxyl groups is 3. The maximum atomic E-state index is 13.2. The lowest BCUT2D eigenvalue weighted by Gasteiger charge is -2.33. The quantitative estimate of drug-likeness (QED) is 0.154. The first-order valence-electron chi connectivity index (χ1n) is 17.4. The van der Waals surface area contributed by atoms with Crippen LogP contribution in [0.2, 0.25) is 0 Å². The average Bonchev–Trinajstić information content (AvgIpc) is 3.06. The van der Waals surface area contributed by atoms with Crippen molar-refractivity contribution in [2.45, 2.75) is 125 Å². The fraction of sp³-hybridized carbons (Fsp3) is 0.650. The molecule has 49 heavy (non-hydrogen) atoms. The van der Waals surface area contributed by atoms with Crippen molar-refractivity contribution in [3.8, 4) is 0 Å². The van der Waals surface area contributed by atoms with Crippen LogP contribution in [0.1, 0.15) is 88.5 Å². The van der Waals surface area contributed by atoms with Gasteiger partial charge in [-0.1, -0.05) is 101 Å². The maximum Gasteiger partial charge on any atom is 0.373 e. The normalized spacial score (nSPS) is 31.5. The minimum atomic E-state index is -0.912. The molecule has 0 aromatic heterocycles. The van der Waals surface area contributed by atoms with Crippen molar-refractivity contribution in [2.75, 3.05) is 14.2 Å². The fourth-order valence-electron chi connectivity index (χ4n) is 5.93. The van der Waals surface area contributed by atoms with Crippen molar-refractivity contribution in [2.24, 2.45) is 35.3 Å². The molecule has 1 aliphatic heterocycles. The number of hydrogen-bond donors (Lipinski definition) is 4. The third-order valence-corrected chi connectivity index (χ3v) is 8.77. The second-order valence-corrected chi connectivity index (χ2v) is 13.3. The zero-order chi connectivity index (χ0) is 38.3. The van der Waals surface area contributed by atoms with E-state index in [0.717, 1.165) is 24.8 Å². The highest BCUT2D eigenvalue weighted by molar-refractivity contribution is 5.87. The van der Waals surface area contributed by atoms with Crippen molar-refractivity contribution in [3.63, 3.8) is 0 Å². The van der Waals surface area contributed by atoms with Crippen LogP contribution in [0, 0.1) is 29.6 Å². The number of methoxy groups -OCH3 is 2. The van der Waals surface area contributed by atoms with Gasteiger partial charge in [0.25, 0.3) is 0 Å². The summed E-state index contributed by atoms with van der Waals surface area (Å²) in [6.07, 6.45) is 16.5. The van der Waals surface area contributed by atoms with Gasteiger partial charge in [-0.2, -0.15) is 0 Å². The van der Waals surface area contributed by atoms with Crippen LogP contribution in [0.25, 0.3) is 0 Å². The summed E-state index contributed by atoms with van der Waals surface area (Å²) in [6, 6.07) is -0.519. The van der Waals surface area contributed by atoms with Crippen molar-refractivity contribution in [3.05, 3.63) is 71.6 Å². The Kier molecular flexibility index (Phi) is 26.6. The van der Waals surface area contributed by atoms with E-state index >= 15 is 0 Å². The number of esters is 1. The number of carbonyl (C=O) groups is 2. The first-order valence-corrected chi connectivity index (χ1v) is 17.4. The summed E-state index contributed by atoms with van der Waals surface area (Å²) < 4.78 is 17.0. The maximum absolute atomic E-state index is 13.2. The zero-order valence-corrected chi connectivity index (χ0v) is 32.3. The molecule has 11 atom stereocenters. The van der Waals surface area contributed by atoms with Gasteiger partial charge in [0.2, 0.25) is 5.76 Å². The van der Waals surface area contributed by atoms with E-state index in [9.17, 15) is 20.1 Å². The molecule has 1 aliphatic rings. The Labute approximate surface area is 297 Å². The second-order valence-electron chi connectivity index (χ2n) is 13.3. The number of ether oxygens (including phenoxy) is 3. The Hall–Kier alpha value is -2.82. The number of allylic oxidation sites excluding steroid dienone is 7. The van der Waals surface area contributed by atoms with E-state index in [-0.39, 0.29) is 29.6 Å². The highest BCUT2D eigenvalue weighted by Gasteiger charge is 2.36. The summed E-state index contributed by atoms with van der Waals surface area (Å²) in [7, 11) is 2.96. The Morgan fingerprint density at radius 3 is 2.16 bits per heavy atom. The topological polar surface area (TPSA) is 149 Å². The van der Waals surface area contributed by atoms with Gasteiger partial charge in [0.05, 0.1) is 25.4 Å². The third-order valence-electron chi connectivity index (χ3n) is 8.77. The summed E-state index contributed by atoms with van der Waals surface area (Å²) in [5.41, 5.74) is 7.95. The highest BCUT2D eigenvalue weighted by Crippen LogP contribution is 2.29. The van der Waals surface area contributed by atoms with E-state index in [2.05, 4.69) is 20.8 Å². The molecule has 0 aliphatic carbocycles. The zero-order valence-electron chi connectivity index (χ0n) is 32.3. The average molecular weight is 692 g/mol. The summed E-state index contributed by atoms with van der Waals surface area (Å²) in [5.74, 6) is -0.448. The first kappa shape index (κ1) is 48.3. The fourth-order valence-corrected chi connectivity index (χ4v) is 5.93. The molecule has 11 unspecified atom stereocenters. The molecule has 9 heteroatoms. The molecule has 0 saturated carbocycles. The van der Waals surface area contributed by atoms with Crippen LogP contribution in [0.15, 0.2) is 71.6 Å². The van der Waals surface area contributed by atoms with Crippen LogP contribution in [-0.2, 0) is 23.8 Å². The summed E-state index contributed by atoms with van der Waals surface area (Å²) in [6.45, 7) is 21.6. The van der Waals surface area contributed by atoms with Crippen LogP contribution >= 0.6 is 0 Å². The van der Waals surface area contributed by atoms with Gasteiger partial charge in [0, 0.05) is 30.9 Å². The minimum absolute atomic E-state index is 0.0271. The van der Waals surface area contributed by atoms with Gasteiger partial charge >= 0.3 is 5.97 Å². The van der Waals surface area contributed by atoms with Crippen molar-refractivity contribution in [1.29, 1.82) is 0 Å². The Morgan fingerprint density at radius 1 is 1.08 bits per heavy atom. The highest BCUT2D eigenvalue weighted by atomic mass is 16.6. The molecule has 0 bridgehead atoms. The lowest BCUT2D eigenvalue weighted by Crippen LogP contribution is -2.47. The molecule has 0 aromatic carbocycles. The Balaban J connectivity index is 0. The van der Waals surface area contributed by atoms with E-state index in [1.807, 2.05) is 83.9 Å². The number of aliphatic hydroxyl groups excluding tert-OH is 3. The van der Waals surface area contributed by atoms with Gasteiger partial charge in [0.15, 0.2) is 0 Å². The third kappa shape index (κ3) is 18.7. The number of cyclic esters (lactones) is 1. The van der Waals surface area contributed by atoms with E-state index < -0.39 is 42.3 Å². The first-order chi connectivity index (χ1) is 23.1. The van der Waals surface area contributed by atoms with Crippen LogP contribution in [0.4, 0.5) is 0 Å². The number of carbonyl (C=O) groups excluding carboxylic acids is 2. The number of nitrogens with two attached hydrogens (primary N) is 1. The van der Waals surface area contributed by atoms with Gasteiger partial charge in [-0.05, 0) is 65.4 Å². The minimum Gasteiger partial charge on any atom is -0.490 e. The van der Waals surface area contributed by atoms with E-state index in [4.69, 9.17) is 24.7 Å². The van der Waals surface area contributed by atoms with Gasteiger partial charge in [0.1, 0.15) is 19.0 Å². The van der Waals surface area contributed by atoms with Crippen molar-refractivity contribution < 1.29 is 39.1 Å². The summed E-state index contributed by atoms with van der Waals surface area (Å²) in [4.78, 5) is 21.2. The molecule has 1 heterocycles. The molecule has 0 spiro atoms. The molecular formula is C40H69NO8. The van der Waals surface area contributed by atoms with E-state index in [1.54, 1.807) is 33.1 Å². The summed E-state index contributed by atoms with van der Waals surface area (Å²) in [5, 5.41) is 31.1. The SMILES string of the molecule is C/C=C/C(C)C(O)/C=C/C.C=O.CCC1CC(C)C/C(C)=C/C=C/C(OC)C(C(C)C(O)C(C)N)OC(=O)/C(OC)=C/C(C)=C/C(C)C1O. The predicted octanol–water partition coefficient (Wildman–Crippen LogP) is 6.64. The lowest BCUT2D eigenvalue weighted by atomic mass is 9.81. The van der Waals surface area contributed by atoms with Crippen molar-refractivity contribution >= 4 is 12.8 Å². The largest absolute Gasteiger partial charge is 0.490 e. The number of hydrogen-bond acceptors (Lipinski definition) is 9. The Morgan fingerprint density at radius 2 is 1.67 bits per heavy atom. The van der Waals surface area contributed by atoms with Gasteiger partial charge in [-0.3, -0.25) is 0 Å². The molecule has 0 fully saturated rings. The molecule has 5 N–H and O–H groups in total. The summed E-state index contributed by atoms with van der Waals surface area (Å²) >= 11 is 0. The monoisotopic (exact) mass is 692 g/mol. The molecule has 1 rings (SSSR count). The van der Waals surface area contributed by atoms with Gasteiger partial charge < -0.3 is 40.1 Å². The van der Waals surface area contributed by atoms with Crippen LogP contribution in [0.3, 0.4) is 0 Å². The second kappa shape index (κ2) is 27.0. The lowest BCUT2D eigenvalue weighted by molar-refractivity contribution is -0.160. The predicted molar refractivity (Wildman–Crippen MR) is 201 cm³/mol. The van der Waals surface area contributed by atoms with Gasteiger partial charge in [-0.25, -0.2) is 4.79 Å². The smallest absolute Gasteiger partial charge is 0.373 e. The standard InChI is InChI=1S/C30H51NO6.C9H16O.CH2O/c1-10-24-16-19(3)14-18(2)12-11-13-25(35-8)29(22(6)28(33)23(7)31)37-30(34)26(36-9)17-20(4)15-21(5)27(24)32;1-4-6-8(3)9(10)7-5-2;1-2/h11-13,15,17,19,21-25,27-29,32-33H,10,14,16,31H2,1-9H3;4-10H,1-3H3;1H2/b13-11+,18-12+,20-15+,26-17-;6-4+,7-5+;. The molecule has 0 aromatic rings. The van der Waals surface area contributed by atoms with Crippen molar-refractivity contribution in [1.82, 2.24) is 0 Å². The molecule has 0 saturated heterocycles. The van der Waals surface area contributed by atoms with Crippen LogP contribution in [0.5, 0.6) is 0 Å².